The van der Waals surface area contributed by atoms with Gasteiger partial charge in [0, 0.05) is 69.2 Å². The zero-order valence-electron chi connectivity index (χ0n) is 16.8. The van der Waals surface area contributed by atoms with Crippen LogP contribution in [0.1, 0.15) is 45.4 Å². The Morgan fingerprint density at radius 1 is 1.30 bits per heavy atom. The molecule has 8 heteroatoms. The fourth-order valence-corrected chi connectivity index (χ4v) is 5.52. The number of nitrogens with zero attached hydrogens (tertiary/aromatic N) is 5. The maximum absolute atomic E-state index is 5.99. The number of hydrogen-bond donors (Lipinski definition) is 1. The smallest absolute Gasteiger partial charge is 0.205 e. The summed E-state index contributed by atoms with van der Waals surface area (Å²) in [4.78, 5) is 14.0. The van der Waals surface area contributed by atoms with E-state index in [0.717, 1.165) is 62.5 Å². The highest BCUT2D eigenvalue weighted by Gasteiger charge is 2.59. The van der Waals surface area contributed by atoms with Gasteiger partial charge in [-0.05, 0) is 26.2 Å². The minimum absolute atomic E-state index is 0.358. The third-order valence-electron chi connectivity index (χ3n) is 6.58. The summed E-state index contributed by atoms with van der Waals surface area (Å²) in [7, 11) is 1.90. The Kier molecular flexibility index (Phi) is 5.55. The van der Waals surface area contributed by atoms with E-state index in [1.807, 2.05) is 7.05 Å². The van der Waals surface area contributed by atoms with E-state index >= 15 is 0 Å². The predicted molar refractivity (Wildman–Crippen MR) is 110 cm³/mol. The first-order valence-electron chi connectivity index (χ1n) is 10.4. The van der Waals surface area contributed by atoms with Crippen molar-refractivity contribution in [2.24, 2.45) is 10.4 Å². The van der Waals surface area contributed by atoms with Crippen molar-refractivity contribution in [2.75, 3.05) is 44.7 Å². The van der Waals surface area contributed by atoms with Gasteiger partial charge in [0.15, 0.2) is 5.96 Å². The van der Waals surface area contributed by atoms with Gasteiger partial charge in [0.1, 0.15) is 5.82 Å². The first-order valence-corrected chi connectivity index (χ1v) is 11.1. The molecule has 2 atom stereocenters. The monoisotopic (exact) mass is 392 g/mol. The number of aliphatic imine (C=N–C) groups is 1. The van der Waals surface area contributed by atoms with E-state index in [2.05, 4.69) is 43.3 Å². The van der Waals surface area contributed by atoms with Gasteiger partial charge < -0.3 is 19.9 Å². The second-order valence-electron chi connectivity index (χ2n) is 7.83. The van der Waals surface area contributed by atoms with E-state index in [1.165, 1.54) is 30.8 Å². The molecule has 1 spiro atoms. The predicted octanol–water partition coefficient (Wildman–Crippen LogP) is 2.15. The standard InChI is InChI=1S/C19H32N6OS/c1-4-16-22-18(27-23-16)25-11-9-24(10-12-25)17(20-3)21-14-13-15(26-5-2)19(14)7-6-8-19/h14-15H,4-13H2,1-3H3,(H,20,21). The number of piperazine rings is 1. The summed E-state index contributed by atoms with van der Waals surface area (Å²) in [6, 6.07) is 0.509. The molecule has 0 radical (unpaired) electrons. The maximum atomic E-state index is 5.99. The molecule has 1 aromatic rings. The first-order chi connectivity index (χ1) is 13.2. The summed E-state index contributed by atoms with van der Waals surface area (Å²) in [5, 5.41) is 4.83. The molecule has 150 valence electrons. The molecule has 0 aromatic carbocycles. The van der Waals surface area contributed by atoms with Crippen LogP contribution in [-0.4, -0.2) is 72.2 Å². The van der Waals surface area contributed by atoms with Crippen LogP contribution in [0.3, 0.4) is 0 Å². The number of anilines is 1. The minimum Gasteiger partial charge on any atom is -0.378 e. The SMILES string of the molecule is CCOC1CC(NC(=NC)N2CCN(c3nc(CC)ns3)CC2)C12CCC2. The largest absolute Gasteiger partial charge is 0.378 e. The number of rotatable bonds is 5. The van der Waals surface area contributed by atoms with Crippen molar-refractivity contribution in [3.63, 3.8) is 0 Å². The van der Waals surface area contributed by atoms with Crippen LogP contribution >= 0.6 is 11.5 Å². The minimum atomic E-state index is 0.358. The van der Waals surface area contributed by atoms with Gasteiger partial charge in [0.05, 0.1) is 6.10 Å². The molecular formula is C19H32N6OS. The molecule has 3 fully saturated rings. The van der Waals surface area contributed by atoms with Gasteiger partial charge in [-0.1, -0.05) is 13.3 Å². The molecule has 2 aliphatic carbocycles. The Bertz CT molecular complexity index is 665. The van der Waals surface area contributed by atoms with Crippen molar-refractivity contribution in [2.45, 2.75) is 58.1 Å². The van der Waals surface area contributed by atoms with Crippen molar-refractivity contribution in [3.05, 3.63) is 5.82 Å². The average Bonchev–Trinajstić information content (AvgIpc) is 3.12. The highest BCUT2D eigenvalue weighted by molar-refractivity contribution is 7.09. The summed E-state index contributed by atoms with van der Waals surface area (Å²) in [6.07, 6.45) is 6.36. The summed E-state index contributed by atoms with van der Waals surface area (Å²) in [6.45, 7) is 8.90. The quantitative estimate of drug-likeness (QED) is 0.612. The number of aryl methyl sites for hydroxylation is 1. The van der Waals surface area contributed by atoms with Gasteiger partial charge in [0.25, 0.3) is 0 Å². The van der Waals surface area contributed by atoms with Crippen molar-refractivity contribution < 1.29 is 4.74 Å². The normalized spacial score (nSPS) is 27.4. The lowest BCUT2D eigenvalue weighted by Gasteiger charge is -2.61. The summed E-state index contributed by atoms with van der Waals surface area (Å²) in [5.41, 5.74) is 0.358. The molecule has 1 aliphatic heterocycles. The molecule has 0 bridgehead atoms. The molecule has 7 nitrogen and oxygen atoms in total. The molecule has 1 N–H and O–H groups in total. The molecule has 1 aromatic heterocycles. The van der Waals surface area contributed by atoms with Gasteiger partial charge >= 0.3 is 0 Å². The highest BCUT2D eigenvalue weighted by atomic mass is 32.1. The van der Waals surface area contributed by atoms with Gasteiger partial charge in [-0.2, -0.15) is 4.37 Å². The van der Waals surface area contributed by atoms with E-state index in [9.17, 15) is 0 Å². The second-order valence-corrected chi connectivity index (χ2v) is 8.56. The molecule has 3 aliphatic rings. The number of aromatic nitrogens is 2. The second kappa shape index (κ2) is 7.91. The Labute approximate surface area is 166 Å². The number of nitrogens with one attached hydrogen (secondary N) is 1. The molecule has 2 heterocycles. The van der Waals surface area contributed by atoms with Crippen LogP contribution in [0, 0.1) is 5.41 Å². The van der Waals surface area contributed by atoms with Gasteiger partial charge in [-0.15, -0.1) is 0 Å². The molecule has 4 rings (SSSR count). The third kappa shape index (κ3) is 3.42. The fourth-order valence-electron chi connectivity index (χ4n) is 4.72. The lowest BCUT2D eigenvalue weighted by atomic mass is 9.51. The van der Waals surface area contributed by atoms with Crippen LogP contribution in [-0.2, 0) is 11.2 Å². The van der Waals surface area contributed by atoms with Crippen LogP contribution in [0.4, 0.5) is 5.13 Å². The number of guanidine groups is 1. The van der Waals surface area contributed by atoms with Gasteiger partial charge in [-0.3, -0.25) is 4.99 Å². The molecule has 1 saturated heterocycles. The van der Waals surface area contributed by atoms with Crippen molar-refractivity contribution in [3.8, 4) is 0 Å². The number of hydrogen-bond acceptors (Lipinski definition) is 6. The van der Waals surface area contributed by atoms with Crippen LogP contribution in [0.2, 0.25) is 0 Å². The molecule has 27 heavy (non-hydrogen) atoms. The van der Waals surface area contributed by atoms with Crippen molar-refractivity contribution in [1.29, 1.82) is 0 Å². The summed E-state index contributed by atoms with van der Waals surface area (Å²) < 4.78 is 10.4. The fraction of sp³-hybridized carbons (Fsp3) is 0.842. The lowest BCUT2D eigenvalue weighted by Crippen LogP contribution is -2.69. The van der Waals surface area contributed by atoms with E-state index in [0.29, 0.717) is 17.6 Å². The van der Waals surface area contributed by atoms with Crippen molar-refractivity contribution >= 4 is 22.6 Å². The Morgan fingerprint density at radius 3 is 2.63 bits per heavy atom. The lowest BCUT2D eigenvalue weighted by molar-refractivity contribution is -0.168. The maximum Gasteiger partial charge on any atom is 0.205 e. The van der Waals surface area contributed by atoms with Gasteiger partial charge in [0.2, 0.25) is 5.13 Å². The van der Waals surface area contributed by atoms with Crippen LogP contribution < -0.4 is 10.2 Å². The summed E-state index contributed by atoms with van der Waals surface area (Å²) >= 11 is 1.52. The first kappa shape index (κ1) is 18.9. The van der Waals surface area contributed by atoms with E-state index in [1.54, 1.807) is 0 Å². The van der Waals surface area contributed by atoms with E-state index < -0.39 is 0 Å². The molecular weight excluding hydrogens is 360 g/mol. The Hall–Kier alpha value is -1.41. The van der Waals surface area contributed by atoms with E-state index in [-0.39, 0.29) is 0 Å². The topological polar surface area (TPSA) is 65.9 Å². The van der Waals surface area contributed by atoms with Gasteiger partial charge in [-0.25, -0.2) is 4.98 Å². The zero-order valence-corrected chi connectivity index (χ0v) is 17.6. The van der Waals surface area contributed by atoms with Crippen LogP contribution in [0.25, 0.3) is 0 Å². The van der Waals surface area contributed by atoms with E-state index in [4.69, 9.17) is 4.74 Å². The average molecular weight is 393 g/mol. The Balaban J connectivity index is 1.32. The number of ether oxygens (including phenoxy) is 1. The molecule has 2 saturated carbocycles. The van der Waals surface area contributed by atoms with Crippen LogP contribution in [0.15, 0.2) is 4.99 Å². The summed E-state index contributed by atoms with van der Waals surface area (Å²) in [5.74, 6) is 2.00. The van der Waals surface area contributed by atoms with Crippen LogP contribution in [0.5, 0.6) is 0 Å². The zero-order chi connectivity index (χ0) is 18.9. The third-order valence-corrected chi connectivity index (χ3v) is 7.39. The molecule has 2 unspecified atom stereocenters. The van der Waals surface area contributed by atoms with Crippen molar-refractivity contribution in [1.82, 2.24) is 19.6 Å². The highest BCUT2D eigenvalue weighted by Crippen LogP contribution is 2.57. The Morgan fingerprint density at radius 2 is 2.07 bits per heavy atom. The molecule has 0 amide bonds.